The molecule has 0 aliphatic rings. The largest absolute Gasteiger partial charge is 0.493 e. The lowest BCUT2D eigenvalue weighted by Gasteiger charge is -2.23. The number of carbonyl (C=O) groups excluding carboxylic acids is 1. The number of primary amides is 1. The first kappa shape index (κ1) is 16.3. The topological polar surface area (TPSA) is 73.6 Å². The van der Waals surface area contributed by atoms with Crippen LogP contribution in [0.3, 0.4) is 0 Å². The summed E-state index contributed by atoms with van der Waals surface area (Å²) < 4.78 is 10.8. The average molecular weight is 280 g/mol. The molecule has 0 saturated carbocycles. The molecule has 0 bridgehead atoms. The Bertz CT molecular complexity index is 416. The highest BCUT2D eigenvalue weighted by Gasteiger charge is 2.15. The number of nitrogens with two attached hydrogens (primary N) is 1. The quantitative estimate of drug-likeness (QED) is 0.727. The fraction of sp³-hybridized carbons (Fsp3) is 0.533. The van der Waals surface area contributed by atoms with E-state index in [1.165, 1.54) is 0 Å². The number of carbonyl (C=O) groups is 1. The van der Waals surface area contributed by atoms with Gasteiger partial charge in [-0.1, -0.05) is 0 Å². The smallest absolute Gasteiger partial charge is 0.220 e. The number of nitrogens with one attached hydrogen (secondary N) is 1. The summed E-state index contributed by atoms with van der Waals surface area (Å²) in [7, 11) is 1.72. The van der Waals surface area contributed by atoms with E-state index in [2.05, 4.69) is 19.2 Å². The molecule has 5 nitrogen and oxygen atoms in total. The van der Waals surface area contributed by atoms with E-state index in [-0.39, 0.29) is 17.9 Å². The van der Waals surface area contributed by atoms with Gasteiger partial charge in [0.05, 0.1) is 18.6 Å². The number of anilines is 1. The second kappa shape index (κ2) is 7.75. The second-order valence-electron chi connectivity index (χ2n) is 5.23. The standard InChI is InChI=1S/C15H24N2O3/c1-15(2,19-3)9-10-17-12-4-6-13(7-5-12)20-11-8-14(16)18/h4-7,17H,8-11H2,1-3H3,(H2,16,18). The molecular formula is C15H24N2O3. The molecule has 1 amide bonds. The highest BCUT2D eigenvalue weighted by Crippen LogP contribution is 2.17. The van der Waals surface area contributed by atoms with E-state index >= 15 is 0 Å². The van der Waals surface area contributed by atoms with Crippen LogP contribution in [-0.2, 0) is 9.53 Å². The molecule has 1 rings (SSSR count). The number of hydrogen-bond acceptors (Lipinski definition) is 4. The monoisotopic (exact) mass is 280 g/mol. The maximum absolute atomic E-state index is 10.6. The zero-order chi connectivity index (χ0) is 15.0. The second-order valence-corrected chi connectivity index (χ2v) is 5.23. The van der Waals surface area contributed by atoms with Gasteiger partial charge in [0.2, 0.25) is 5.91 Å². The fourth-order valence-corrected chi connectivity index (χ4v) is 1.55. The van der Waals surface area contributed by atoms with Crippen LogP contribution in [-0.4, -0.2) is 31.8 Å². The first-order valence-electron chi connectivity index (χ1n) is 6.73. The molecule has 1 aromatic carbocycles. The molecule has 0 radical (unpaired) electrons. The van der Waals surface area contributed by atoms with Crippen molar-refractivity contribution in [2.24, 2.45) is 5.73 Å². The van der Waals surface area contributed by atoms with E-state index in [0.29, 0.717) is 6.61 Å². The van der Waals surface area contributed by atoms with Gasteiger partial charge >= 0.3 is 0 Å². The lowest BCUT2D eigenvalue weighted by atomic mass is 10.1. The molecule has 0 spiro atoms. The lowest BCUT2D eigenvalue weighted by molar-refractivity contribution is -0.118. The van der Waals surface area contributed by atoms with Gasteiger partial charge in [-0.25, -0.2) is 0 Å². The summed E-state index contributed by atoms with van der Waals surface area (Å²) in [5.41, 5.74) is 5.95. The molecule has 1 aromatic rings. The maximum atomic E-state index is 10.6. The van der Waals surface area contributed by atoms with Crippen LogP contribution in [0.1, 0.15) is 26.7 Å². The molecule has 5 heteroatoms. The van der Waals surface area contributed by atoms with Gasteiger partial charge in [0.25, 0.3) is 0 Å². The van der Waals surface area contributed by atoms with E-state index < -0.39 is 0 Å². The number of rotatable bonds is 9. The van der Waals surface area contributed by atoms with Crippen molar-refractivity contribution >= 4 is 11.6 Å². The Labute approximate surface area is 120 Å². The third kappa shape index (κ3) is 6.43. The minimum atomic E-state index is -0.357. The van der Waals surface area contributed by atoms with Crippen molar-refractivity contribution < 1.29 is 14.3 Å². The predicted octanol–water partition coefficient (Wildman–Crippen LogP) is 2.17. The molecule has 0 saturated heterocycles. The van der Waals surface area contributed by atoms with Crippen LogP contribution in [0.2, 0.25) is 0 Å². The number of ether oxygens (including phenoxy) is 2. The summed E-state index contributed by atoms with van der Waals surface area (Å²) in [4.78, 5) is 10.6. The third-order valence-corrected chi connectivity index (χ3v) is 3.08. The van der Waals surface area contributed by atoms with Crippen molar-refractivity contribution in [1.82, 2.24) is 0 Å². The van der Waals surface area contributed by atoms with Crippen molar-refractivity contribution in [2.45, 2.75) is 32.3 Å². The van der Waals surface area contributed by atoms with Crippen molar-refractivity contribution in [3.05, 3.63) is 24.3 Å². The van der Waals surface area contributed by atoms with Gasteiger partial charge in [-0.2, -0.15) is 0 Å². The first-order valence-corrected chi connectivity index (χ1v) is 6.73. The maximum Gasteiger partial charge on any atom is 0.220 e. The molecule has 0 aliphatic carbocycles. The van der Waals surface area contributed by atoms with Gasteiger partial charge in [-0.15, -0.1) is 0 Å². The predicted molar refractivity (Wildman–Crippen MR) is 79.9 cm³/mol. The van der Waals surface area contributed by atoms with Crippen LogP contribution < -0.4 is 15.8 Å². The molecule has 112 valence electrons. The zero-order valence-corrected chi connectivity index (χ0v) is 12.4. The highest BCUT2D eigenvalue weighted by molar-refractivity contribution is 5.73. The van der Waals surface area contributed by atoms with E-state index in [1.54, 1.807) is 7.11 Å². The Hall–Kier alpha value is -1.75. The molecule has 3 N–H and O–H groups in total. The van der Waals surface area contributed by atoms with Crippen molar-refractivity contribution in [1.29, 1.82) is 0 Å². The minimum Gasteiger partial charge on any atom is -0.493 e. The zero-order valence-electron chi connectivity index (χ0n) is 12.4. The summed E-state index contributed by atoms with van der Waals surface area (Å²) >= 11 is 0. The van der Waals surface area contributed by atoms with Crippen LogP contribution in [0.25, 0.3) is 0 Å². The lowest BCUT2D eigenvalue weighted by Crippen LogP contribution is -2.25. The van der Waals surface area contributed by atoms with Gasteiger partial charge in [-0.3, -0.25) is 4.79 Å². The Morgan fingerprint density at radius 3 is 2.50 bits per heavy atom. The molecular weight excluding hydrogens is 256 g/mol. The van der Waals surface area contributed by atoms with Gasteiger partial charge < -0.3 is 20.5 Å². The van der Waals surface area contributed by atoms with Crippen molar-refractivity contribution in [2.75, 3.05) is 25.6 Å². The Morgan fingerprint density at radius 1 is 1.30 bits per heavy atom. The fourth-order valence-electron chi connectivity index (χ4n) is 1.55. The van der Waals surface area contributed by atoms with Gasteiger partial charge in [-0.05, 0) is 44.5 Å². The summed E-state index contributed by atoms with van der Waals surface area (Å²) in [6.45, 7) is 5.27. The molecule has 0 aliphatic heterocycles. The number of hydrogen-bond donors (Lipinski definition) is 2. The van der Waals surface area contributed by atoms with E-state index in [4.69, 9.17) is 15.2 Å². The molecule has 0 unspecified atom stereocenters. The minimum absolute atomic E-state index is 0.120. The van der Waals surface area contributed by atoms with E-state index in [1.807, 2.05) is 24.3 Å². The molecule has 20 heavy (non-hydrogen) atoms. The van der Waals surface area contributed by atoms with Crippen LogP contribution in [0.15, 0.2) is 24.3 Å². The highest BCUT2D eigenvalue weighted by atomic mass is 16.5. The van der Waals surface area contributed by atoms with Crippen LogP contribution in [0.4, 0.5) is 5.69 Å². The summed E-state index contributed by atoms with van der Waals surface area (Å²) in [6.07, 6.45) is 1.15. The van der Waals surface area contributed by atoms with Gasteiger partial charge in [0, 0.05) is 19.3 Å². The van der Waals surface area contributed by atoms with Gasteiger partial charge in [0.1, 0.15) is 5.75 Å². The summed E-state index contributed by atoms with van der Waals surface area (Å²) in [5, 5.41) is 3.33. The Morgan fingerprint density at radius 2 is 1.95 bits per heavy atom. The van der Waals surface area contributed by atoms with E-state index in [9.17, 15) is 4.79 Å². The Kier molecular flexibility index (Phi) is 6.31. The van der Waals surface area contributed by atoms with Crippen molar-refractivity contribution in [3.8, 4) is 5.75 Å². The van der Waals surface area contributed by atoms with Crippen molar-refractivity contribution in [3.63, 3.8) is 0 Å². The molecule has 0 aromatic heterocycles. The Balaban J connectivity index is 2.33. The van der Waals surface area contributed by atoms with Gasteiger partial charge in [0.15, 0.2) is 0 Å². The summed E-state index contributed by atoms with van der Waals surface area (Å²) in [6, 6.07) is 7.62. The number of amides is 1. The SMILES string of the molecule is COC(C)(C)CCNc1ccc(OCCC(N)=O)cc1. The summed E-state index contributed by atoms with van der Waals surface area (Å²) in [5.74, 6) is 0.373. The number of benzene rings is 1. The van der Waals surface area contributed by atoms with Crippen LogP contribution >= 0.6 is 0 Å². The van der Waals surface area contributed by atoms with E-state index in [0.717, 1.165) is 24.4 Å². The average Bonchev–Trinajstić information content (AvgIpc) is 2.40. The van der Waals surface area contributed by atoms with Crippen LogP contribution in [0.5, 0.6) is 5.75 Å². The first-order chi connectivity index (χ1) is 9.43. The van der Waals surface area contributed by atoms with Crippen LogP contribution in [0, 0.1) is 0 Å². The molecule has 0 heterocycles. The molecule has 0 atom stereocenters. The third-order valence-electron chi connectivity index (χ3n) is 3.08. The molecule has 0 fully saturated rings. The normalized spacial score (nSPS) is 11.2. The number of methoxy groups -OCH3 is 1.